The molecule has 0 unspecified atom stereocenters. The highest BCUT2D eigenvalue weighted by Crippen LogP contribution is 2.46. The Labute approximate surface area is 201 Å². The Morgan fingerprint density at radius 2 is 2.00 bits per heavy atom. The first kappa shape index (κ1) is 24.8. The quantitative estimate of drug-likeness (QED) is 0.387. The summed E-state index contributed by atoms with van der Waals surface area (Å²) in [5, 5.41) is 10.1. The summed E-state index contributed by atoms with van der Waals surface area (Å²) < 4.78 is 1.77. The molecule has 5 nitrogen and oxygen atoms in total. The number of carboxylic acid groups (broad SMARTS) is 1. The van der Waals surface area contributed by atoms with E-state index >= 15 is 0 Å². The van der Waals surface area contributed by atoms with Crippen LogP contribution in [0.4, 0.5) is 5.69 Å². The van der Waals surface area contributed by atoms with Crippen molar-refractivity contribution in [3.8, 4) is 10.4 Å². The first-order chi connectivity index (χ1) is 14.8. The van der Waals surface area contributed by atoms with E-state index in [1.807, 2.05) is 25.2 Å². The van der Waals surface area contributed by atoms with E-state index in [-0.39, 0.29) is 10.8 Å². The number of anilines is 1. The summed E-state index contributed by atoms with van der Waals surface area (Å²) in [6.45, 7) is 11.8. The van der Waals surface area contributed by atoms with Gasteiger partial charge in [0.15, 0.2) is 0 Å². The average Bonchev–Trinajstić information content (AvgIpc) is 3.02. The van der Waals surface area contributed by atoms with Crippen LogP contribution in [-0.2, 0) is 24.2 Å². The molecule has 7 heteroatoms. The zero-order valence-electron chi connectivity index (χ0n) is 19.9. The highest BCUT2D eigenvalue weighted by molar-refractivity contribution is 7.77. The lowest BCUT2D eigenvalue weighted by Gasteiger charge is -2.29. The molecule has 0 bridgehead atoms. The van der Waals surface area contributed by atoms with Crippen molar-refractivity contribution in [2.24, 2.45) is 10.8 Å². The maximum atomic E-state index is 12.4. The first-order valence-electron chi connectivity index (χ1n) is 10.9. The van der Waals surface area contributed by atoms with E-state index < -0.39 is 5.97 Å². The number of aromatic carboxylic acids is 1. The molecule has 0 saturated heterocycles. The van der Waals surface area contributed by atoms with Crippen LogP contribution in [0.2, 0.25) is 0 Å². The molecule has 0 aliphatic heterocycles. The monoisotopic (exact) mass is 474 g/mol. The van der Waals surface area contributed by atoms with Gasteiger partial charge in [0, 0.05) is 28.5 Å². The van der Waals surface area contributed by atoms with E-state index in [9.17, 15) is 14.7 Å². The maximum Gasteiger partial charge on any atom is 0.337 e. The van der Waals surface area contributed by atoms with Crippen LogP contribution in [0.1, 0.15) is 67.4 Å². The number of fused-ring (bicyclic) bond motifs is 1. The third kappa shape index (κ3) is 5.56. The Kier molecular flexibility index (Phi) is 7.13. The standard InChI is InChI=1S/C25H34N2O3S2/c1-24(2,3)14-27(15-28)17-7-8-18(16(11-17)13-26(6)31)22-21(23(29)30)19-12-25(4,5)10-9-20(19)32-22/h7-8,11,15,31H,9-10,12-14H2,1-6H3,(H,29,30). The van der Waals surface area contributed by atoms with Crippen LogP contribution in [0.3, 0.4) is 0 Å². The summed E-state index contributed by atoms with van der Waals surface area (Å²) in [6.07, 6.45) is 3.62. The fraction of sp³-hybridized carbons (Fsp3) is 0.520. The van der Waals surface area contributed by atoms with Crippen molar-refractivity contribution in [2.45, 2.75) is 60.4 Å². The summed E-state index contributed by atoms with van der Waals surface area (Å²) in [4.78, 5) is 27.9. The Hall–Kier alpha value is -1.83. The average molecular weight is 475 g/mol. The lowest BCUT2D eigenvalue weighted by Crippen LogP contribution is -2.31. The molecule has 0 spiro atoms. The molecule has 2 aromatic rings. The lowest BCUT2D eigenvalue weighted by molar-refractivity contribution is -0.107. The minimum atomic E-state index is -0.869. The molecule has 0 fully saturated rings. The van der Waals surface area contributed by atoms with Gasteiger partial charge in [0.1, 0.15) is 0 Å². The molecule has 1 aromatic heterocycles. The second-order valence-electron chi connectivity index (χ2n) is 10.8. The van der Waals surface area contributed by atoms with Crippen LogP contribution in [-0.4, -0.2) is 35.4 Å². The fourth-order valence-corrected chi connectivity index (χ4v) is 5.92. The largest absolute Gasteiger partial charge is 0.478 e. The lowest BCUT2D eigenvalue weighted by atomic mass is 9.76. The number of thiophene rings is 1. The van der Waals surface area contributed by atoms with E-state index in [2.05, 4.69) is 47.4 Å². The number of benzene rings is 1. The molecular weight excluding hydrogens is 440 g/mol. The van der Waals surface area contributed by atoms with Crippen LogP contribution in [0, 0.1) is 10.8 Å². The van der Waals surface area contributed by atoms with Crippen LogP contribution in [0.15, 0.2) is 18.2 Å². The van der Waals surface area contributed by atoms with Crippen molar-refractivity contribution in [3.05, 3.63) is 39.8 Å². The summed E-state index contributed by atoms with van der Waals surface area (Å²) in [5.74, 6) is -0.869. The van der Waals surface area contributed by atoms with Crippen LogP contribution in [0.25, 0.3) is 10.4 Å². The van der Waals surface area contributed by atoms with Crippen molar-refractivity contribution in [3.63, 3.8) is 0 Å². The van der Waals surface area contributed by atoms with Gasteiger partial charge in [0.25, 0.3) is 0 Å². The summed E-state index contributed by atoms with van der Waals surface area (Å²) in [7, 11) is 1.87. The van der Waals surface area contributed by atoms with Gasteiger partial charge in [-0.2, -0.15) is 0 Å². The second kappa shape index (κ2) is 9.20. The van der Waals surface area contributed by atoms with Crippen LogP contribution in [0.5, 0.6) is 0 Å². The number of hydrogen-bond donors (Lipinski definition) is 2. The van der Waals surface area contributed by atoms with Gasteiger partial charge in [0.05, 0.1) is 5.56 Å². The third-order valence-electron chi connectivity index (χ3n) is 5.82. The van der Waals surface area contributed by atoms with Crippen LogP contribution >= 0.6 is 24.2 Å². The molecule has 32 heavy (non-hydrogen) atoms. The zero-order valence-corrected chi connectivity index (χ0v) is 21.6. The number of aryl methyl sites for hydroxylation is 1. The van der Waals surface area contributed by atoms with E-state index in [4.69, 9.17) is 0 Å². The van der Waals surface area contributed by atoms with Gasteiger partial charge in [-0.3, -0.25) is 9.10 Å². The van der Waals surface area contributed by atoms with E-state index in [0.29, 0.717) is 18.7 Å². The molecule has 1 amide bonds. The van der Waals surface area contributed by atoms with E-state index in [1.54, 1.807) is 20.5 Å². The number of amides is 1. The van der Waals surface area contributed by atoms with Crippen LogP contribution < -0.4 is 4.90 Å². The van der Waals surface area contributed by atoms with Gasteiger partial charge in [0.2, 0.25) is 6.41 Å². The predicted octanol–water partition coefficient (Wildman–Crippen LogP) is 5.91. The Morgan fingerprint density at radius 1 is 1.31 bits per heavy atom. The molecular formula is C25H34N2O3S2. The molecule has 1 aromatic carbocycles. The normalized spacial score (nSPS) is 15.5. The molecule has 174 valence electrons. The van der Waals surface area contributed by atoms with E-state index in [0.717, 1.165) is 52.9 Å². The number of carbonyl (C=O) groups excluding carboxylic acids is 1. The minimum absolute atomic E-state index is 0.0455. The fourth-order valence-electron chi connectivity index (χ4n) is 4.39. The van der Waals surface area contributed by atoms with Crippen molar-refractivity contribution in [1.82, 2.24) is 4.31 Å². The molecule has 0 atom stereocenters. The number of carbonyl (C=O) groups is 2. The highest BCUT2D eigenvalue weighted by atomic mass is 32.1. The smallest absolute Gasteiger partial charge is 0.337 e. The molecule has 1 aliphatic carbocycles. The molecule has 1 aliphatic rings. The van der Waals surface area contributed by atoms with Crippen molar-refractivity contribution >= 4 is 42.2 Å². The number of thiol groups is 1. The molecule has 3 rings (SSSR count). The van der Waals surface area contributed by atoms with Gasteiger partial charge < -0.3 is 10.0 Å². The van der Waals surface area contributed by atoms with E-state index in [1.165, 1.54) is 4.88 Å². The summed E-state index contributed by atoms with van der Waals surface area (Å²) >= 11 is 6.05. The SMILES string of the molecule is CN(S)Cc1cc(N(C=O)CC(C)(C)C)ccc1-c1sc2c(c1C(=O)O)CC(C)(C)CC2. The molecule has 0 saturated carbocycles. The molecule has 1 N–H and O–H groups in total. The first-order valence-corrected chi connectivity index (χ1v) is 12.2. The van der Waals surface area contributed by atoms with Crippen molar-refractivity contribution in [2.75, 3.05) is 18.5 Å². The Balaban J connectivity index is 2.15. The second-order valence-corrected chi connectivity index (χ2v) is 12.6. The Morgan fingerprint density at radius 3 is 2.56 bits per heavy atom. The Bertz CT molecular complexity index is 1020. The van der Waals surface area contributed by atoms with Gasteiger partial charge in [-0.1, -0.05) is 53.5 Å². The highest BCUT2D eigenvalue weighted by Gasteiger charge is 2.33. The summed E-state index contributed by atoms with van der Waals surface area (Å²) in [5.41, 5.74) is 4.16. The zero-order chi connectivity index (χ0) is 23.8. The van der Waals surface area contributed by atoms with Gasteiger partial charge in [-0.15, -0.1) is 11.3 Å². The van der Waals surface area contributed by atoms with Crippen molar-refractivity contribution in [1.29, 1.82) is 0 Å². The topological polar surface area (TPSA) is 60.9 Å². The van der Waals surface area contributed by atoms with Gasteiger partial charge in [-0.25, -0.2) is 4.79 Å². The number of carboxylic acids is 1. The maximum absolute atomic E-state index is 12.4. The summed E-state index contributed by atoms with van der Waals surface area (Å²) in [6, 6.07) is 5.89. The third-order valence-corrected chi connectivity index (χ3v) is 7.29. The number of nitrogens with zero attached hydrogens (tertiary/aromatic N) is 2. The molecule has 0 radical (unpaired) electrons. The number of rotatable bonds is 7. The predicted molar refractivity (Wildman–Crippen MR) is 136 cm³/mol. The number of hydrogen-bond acceptors (Lipinski definition) is 5. The van der Waals surface area contributed by atoms with Crippen molar-refractivity contribution < 1.29 is 14.7 Å². The minimum Gasteiger partial charge on any atom is -0.478 e. The molecule has 1 heterocycles. The van der Waals surface area contributed by atoms with Gasteiger partial charge >= 0.3 is 5.97 Å². The van der Waals surface area contributed by atoms with Gasteiger partial charge in [-0.05, 0) is 66.0 Å².